The number of ether oxygens (including phenoxy) is 1. The summed E-state index contributed by atoms with van der Waals surface area (Å²) in [6.45, 7) is 0. The van der Waals surface area contributed by atoms with Gasteiger partial charge in [-0.1, -0.05) is 29.4 Å². The minimum absolute atomic E-state index is 0.0666. The largest absolute Gasteiger partial charge is 0.466 e. The summed E-state index contributed by atoms with van der Waals surface area (Å²) in [5, 5.41) is 3.32. The molecule has 0 spiro atoms. The Bertz CT molecular complexity index is 508. The van der Waals surface area contributed by atoms with E-state index in [0.29, 0.717) is 0 Å². The van der Waals surface area contributed by atoms with Crippen molar-refractivity contribution < 1.29 is 9.53 Å². The fourth-order valence-corrected chi connectivity index (χ4v) is 1.66. The van der Waals surface area contributed by atoms with Gasteiger partial charge in [0.25, 0.3) is 0 Å². The van der Waals surface area contributed by atoms with Crippen LogP contribution in [0, 0.1) is 0 Å². The second kappa shape index (κ2) is 7.42. The molecule has 0 fully saturated rings. The van der Waals surface area contributed by atoms with Crippen LogP contribution in [0.15, 0.2) is 35.1 Å². The van der Waals surface area contributed by atoms with Gasteiger partial charge in [0.1, 0.15) is 5.70 Å². The first-order valence-corrected chi connectivity index (χ1v) is 5.89. The normalized spacial score (nSPS) is 10.7. The zero-order chi connectivity index (χ0) is 13.4. The Hall–Kier alpha value is -1.91. The number of nitrogens with zero attached hydrogens (tertiary/aromatic N) is 3. The van der Waals surface area contributed by atoms with E-state index in [4.69, 9.17) is 5.53 Å². The van der Waals surface area contributed by atoms with Crippen molar-refractivity contribution in [3.05, 3.63) is 51.5 Å². The summed E-state index contributed by atoms with van der Waals surface area (Å²) in [5.74, 6) is 0.0836. The molecule has 1 aromatic carbocycles. The highest BCUT2D eigenvalue weighted by Crippen LogP contribution is 2.12. The molecule has 0 aliphatic rings. The quantitative estimate of drug-likeness (QED) is 0.221. The van der Waals surface area contributed by atoms with Gasteiger partial charge in [-0.2, -0.15) is 12.6 Å². The van der Waals surface area contributed by atoms with Gasteiger partial charge in [0, 0.05) is 4.91 Å². The second-order valence-corrected chi connectivity index (χ2v) is 3.88. The van der Waals surface area contributed by atoms with Crippen molar-refractivity contribution in [2.45, 2.75) is 6.42 Å². The van der Waals surface area contributed by atoms with Crippen LogP contribution in [0.5, 0.6) is 0 Å². The third-order valence-electron chi connectivity index (χ3n) is 2.20. The van der Waals surface area contributed by atoms with Gasteiger partial charge in [0.2, 0.25) is 0 Å². The Morgan fingerprint density at radius 2 is 2.39 bits per heavy atom. The fraction of sp³-hybridized carbons (Fsp3) is 0.250. The lowest BCUT2D eigenvalue weighted by Crippen LogP contribution is -2.01. The van der Waals surface area contributed by atoms with Crippen molar-refractivity contribution in [1.29, 1.82) is 0 Å². The number of aryl methyl sites for hydroxylation is 1. The molecule has 0 atom stereocenters. The fourth-order valence-electron chi connectivity index (χ4n) is 1.41. The topological polar surface area (TPSA) is 75.1 Å². The molecule has 0 heterocycles. The van der Waals surface area contributed by atoms with Crippen LogP contribution < -0.4 is 0 Å². The summed E-state index contributed by atoms with van der Waals surface area (Å²) in [4.78, 5) is 14.0. The molecular weight excluding hydrogens is 250 g/mol. The lowest BCUT2D eigenvalue weighted by atomic mass is 10.1. The summed E-state index contributed by atoms with van der Waals surface area (Å²) < 4.78 is 4.53. The van der Waals surface area contributed by atoms with E-state index in [1.807, 2.05) is 24.3 Å². The average molecular weight is 263 g/mol. The van der Waals surface area contributed by atoms with E-state index in [2.05, 4.69) is 27.4 Å². The Kier molecular flexibility index (Phi) is 5.84. The summed E-state index contributed by atoms with van der Waals surface area (Å²) in [5.41, 5.74) is 10.2. The van der Waals surface area contributed by atoms with Crippen molar-refractivity contribution >= 4 is 24.7 Å². The number of carbonyl (C=O) groups is 1. The summed E-state index contributed by atoms with van der Waals surface area (Å²) >= 11 is 4.16. The molecule has 0 bridgehead atoms. The lowest BCUT2D eigenvalue weighted by molar-refractivity contribution is -0.136. The molecule has 0 aromatic heterocycles. The van der Waals surface area contributed by atoms with Gasteiger partial charge in [-0.25, -0.2) is 4.79 Å². The van der Waals surface area contributed by atoms with Crippen LogP contribution in [0.2, 0.25) is 0 Å². The van der Waals surface area contributed by atoms with Crippen molar-refractivity contribution in [2.24, 2.45) is 5.11 Å². The smallest absolute Gasteiger partial charge is 0.340 e. The number of hydrogen-bond donors (Lipinski definition) is 1. The number of thiol groups is 1. The number of benzene rings is 1. The van der Waals surface area contributed by atoms with E-state index in [0.717, 1.165) is 23.3 Å². The minimum Gasteiger partial charge on any atom is -0.466 e. The van der Waals surface area contributed by atoms with E-state index in [-0.39, 0.29) is 5.70 Å². The van der Waals surface area contributed by atoms with Crippen LogP contribution in [0.4, 0.5) is 0 Å². The summed E-state index contributed by atoms with van der Waals surface area (Å²) in [6, 6.07) is 7.57. The number of esters is 1. The molecule has 94 valence electrons. The van der Waals surface area contributed by atoms with Gasteiger partial charge in [-0.3, -0.25) is 0 Å². The number of hydrogen-bond acceptors (Lipinski definition) is 4. The third kappa shape index (κ3) is 4.16. The van der Waals surface area contributed by atoms with Crippen LogP contribution in [0.3, 0.4) is 0 Å². The summed E-state index contributed by atoms with van der Waals surface area (Å²) in [6.07, 6.45) is 2.33. The average Bonchev–Trinajstić information content (AvgIpc) is 2.38. The number of methoxy groups -OCH3 is 1. The molecule has 18 heavy (non-hydrogen) atoms. The molecule has 0 saturated carbocycles. The van der Waals surface area contributed by atoms with Gasteiger partial charge in [0.05, 0.1) is 7.11 Å². The van der Waals surface area contributed by atoms with Gasteiger partial charge < -0.3 is 4.74 Å². The molecular formula is C12H13N3O2S. The van der Waals surface area contributed by atoms with Crippen LogP contribution in [-0.2, 0) is 16.0 Å². The van der Waals surface area contributed by atoms with Crippen LogP contribution in [0.25, 0.3) is 16.5 Å². The molecule has 0 N–H and O–H groups in total. The maximum absolute atomic E-state index is 11.3. The van der Waals surface area contributed by atoms with Crippen molar-refractivity contribution in [3.63, 3.8) is 0 Å². The van der Waals surface area contributed by atoms with Crippen LogP contribution >= 0.6 is 12.6 Å². The monoisotopic (exact) mass is 263 g/mol. The predicted molar refractivity (Wildman–Crippen MR) is 73.1 cm³/mol. The number of rotatable bonds is 5. The Morgan fingerprint density at radius 1 is 1.61 bits per heavy atom. The maximum atomic E-state index is 11.3. The van der Waals surface area contributed by atoms with Crippen molar-refractivity contribution in [3.8, 4) is 0 Å². The molecule has 1 aromatic rings. The highest BCUT2D eigenvalue weighted by Gasteiger charge is 2.07. The molecule has 0 amide bonds. The van der Waals surface area contributed by atoms with E-state index in [1.54, 1.807) is 0 Å². The molecule has 0 aliphatic heterocycles. The van der Waals surface area contributed by atoms with E-state index >= 15 is 0 Å². The first-order chi connectivity index (χ1) is 8.71. The molecule has 0 saturated heterocycles. The summed E-state index contributed by atoms with van der Waals surface area (Å²) in [7, 11) is 1.24. The number of azide groups is 1. The van der Waals surface area contributed by atoms with E-state index in [1.165, 1.54) is 13.2 Å². The third-order valence-corrected chi connectivity index (χ3v) is 2.43. The van der Waals surface area contributed by atoms with Gasteiger partial charge >= 0.3 is 5.97 Å². The first-order valence-electron chi connectivity index (χ1n) is 5.26. The molecule has 6 heteroatoms. The maximum Gasteiger partial charge on any atom is 0.340 e. The predicted octanol–water partition coefficient (Wildman–Crippen LogP) is 2.98. The van der Waals surface area contributed by atoms with Crippen LogP contribution in [-0.4, -0.2) is 18.8 Å². The van der Waals surface area contributed by atoms with E-state index in [9.17, 15) is 4.79 Å². The highest BCUT2D eigenvalue weighted by atomic mass is 32.1. The second-order valence-electron chi connectivity index (χ2n) is 3.43. The Labute approximate surface area is 110 Å². The van der Waals surface area contributed by atoms with Gasteiger partial charge in [-0.15, -0.1) is 0 Å². The molecule has 0 unspecified atom stereocenters. The van der Waals surface area contributed by atoms with Crippen molar-refractivity contribution in [2.75, 3.05) is 12.9 Å². The molecule has 0 radical (unpaired) electrons. The van der Waals surface area contributed by atoms with E-state index < -0.39 is 5.97 Å². The highest BCUT2D eigenvalue weighted by molar-refractivity contribution is 7.80. The number of carbonyl (C=O) groups excluding carboxylic acids is 1. The van der Waals surface area contributed by atoms with Gasteiger partial charge in [0.15, 0.2) is 0 Å². The Morgan fingerprint density at radius 3 is 3.00 bits per heavy atom. The van der Waals surface area contributed by atoms with Crippen molar-refractivity contribution in [1.82, 2.24) is 0 Å². The zero-order valence-electron chi connectivity index (χ0n) is 9.91. The first kappa shape index (κ1) is 14.2. The zero-order valence-corrected chi connectivity index (χ0v) is 10.8. The lowest BCUT2D eigenvalue weighted by Gasteiger charge is -2.02. The molecule has 0 aliphatic carbocycles. The standard InChI is InChI=1S/C12H13N3O2S/c1-17-12(16)11(14-15-13)8-10-4-2-3-9(7-10)5-6-18/h2-4,7-8,18H,5-6H2,1H3. The Balaban J connectivity index is 3.07. The molecule has 1 rings (SSSR count). The van der Waals surface area contributed by atoms with Crippen LogP contribution in [0.1, 0.15) is 11.1 Å². The minimum atomic E-state index is -0.660. The molecule has 5 nitrogen and oxygen atoms in total. The SMILES string of the molecule is COC(=O)C(=Cc1cccc(CCS)c1)N=[N+]=[N-]. The van der Waals surface area contributed by atoms with Gasteiger partial charge in [-0.05, 0) is 34.9 Å².